The van der Waals surface area contributed by atoms with Crippen LogP contribution in [0.1, 0.15) is 15.9 Å². The Hall–Kier alpha value is -2.80. The standard InChI is InChI=1S/C17H17N3O/c1-20(2)16-7-5-14(6-8-16)4-3-11-19-17(21)15-9-12-18-13-10-15/h5-10,12-13H,11H2,1-2H3,(H,19,21). The molecule has 0 unspecified atom stereocenters. The van der Waals surface area contributed by atoms with Crippen molar-refractivity contribution in [2.24, 2.45) is 0 Å². The average Bonchev–Trinajstić information content (AvgIpc) is 2.52. The van der Waals surface area contributed by atoms with Crippen molar-refractivity contribution in [3.05, 3.63) is 59.9 Å². The quantitative estimate of drug-likeness (QED) is 0.873. The van der Waals surface area contributed by atoms with Crippen LogP contribution in [0.25, 0.3) is 0 Å². The molecule has 1 heterocycles. The molecule has 0 saturated heterocycles. The normalized spacial score (nSPS) is 9.43. The van der Waals surface area contributed by atoms with Gasteiger partial charge in [0, 0.05) is 43.3 Å². The topological polar surface area (TPSA) is 45.2 Å². The summed E-state index contributed by atoms with van der Waals surface area (Å²) in [5, 5.41) is 2.75. The SMILES string of the molecule is CN(C)c1ccc(C#CCNC(=O)c2ccncc2)cc1. The molecule has 1 amide bonds. The lowest BCUT2D eigenvalue weighted by Crippen LogP contribution is -2.23. The van der Waals surface area contributed by atoms with Crippen molar-refractivity contribution in [3.63, 3.8) is 0 Å². The van der Waals surface area contributed by atoms with Crippen molar-refractivity contribution in [3.8, 4) is 11.8 Å². The van der Waals surface area contributed by atoms with E-state index in [1.165, 1.54) is 0 Å². The van der Waals surface area contributed by atoms with E-state index in [-0.39, 0.29) is 5.91 Å². The summed E-state index contributed by atoms with van der Waals surface area (Å²) in [6.07, 6.45) is 3.18. The fraction of sp³-hybridized carbons (Fsp3) is 0.176. The Kier molecular flexibility index (Phi) is 4.94. The van der Waals surface area contributed by atoms with Crippen LogP contribution < -0.4 is 10.2 Å². The van der Waals surface area contributed by atoms with Crippen LogP contribution in [0, 0.1) is 11.8 Å². The third-order valence-corrected chi connectivity index (χ3v) is 2.90. The summed E-state index contributed by atoms with van der Waals surface area (Å²) in [5.74, 6) is 5.82. The minimum Gasteiger partial charge on any atom is -0.378 e. The minimum atomic E-state index is -0.144. The number of hydrogen-bond donors (Lipinski definition) is 1. The Bertz CT molecular complexity index is 652. The van der Waals surface area contributed by atoms with Crippen molar-refractivity contribution in [2.75, 3.05) is 25.5 Å². The number of pyridine rings is 1. The van der Waals surface area contributed by atoms with Crippen molar-refractivity contribution in [1.29, 1.82) is 0 Å². The van der Waals surface area contributed by atoms with E-state index >= 15 is 0 Å². The molecule has 0 spiro atoms. The zero-order valence-electron chi connectivity index (χ0n) is 12.1. The molecule has 106 valence electrons. The Labute approximate surface area is 124 Å². The summed E-state index contributed by atoms with van der Waals surface area (Å²) in [6, 6.07) is 11.3. The summed E-state index contributed by atoms with van der Waals surface area (Å²) in [6.45, 7) is 0.316. The molecule has 21 heavy (non-hydrogen) atoms. The van der Waals surface area contributed by atoms with Crippen molar-refractivity contribution in [2.45, 2.75) is 0 Å². The second-order valence-electron chi connectivity index (χ2n) is 4.66. The van der Waals surface area contributed by atoms with Gasteiger partial charge in [0.1, 0.15) is 0 Å². The number of nitrogens with one attached hydrogen (secondary N) is 1. The minimum absolute atomic E-state index is 0.144. The van der Waals surface area contributed by atoms with Crippen LogP contribution in [0.3, 0.4) is 0 Å². The highest BCUT2D eigenvalue weighted by Crippen LogP contribution is 2.11. The van der Waals surface area contributed by atoms with E-state index in [4.69, 9.17) is 0 Å². The molecule has 2 rings (SSSR count). The Morgan fingerprint density at radius 1 is 1.14 bits per heavy atom. The maximum atomic E-state index is 11.8. The molecular formula is C17H17N3O. The van der Waals surface area contributed by atoms with E-state index in [2.05, 4.69) is 22.1 Å². The monoisotopic (exact) mass is 279 g/mol. The van der Waals surface area contributed by atoms with Gasteiger partial charge in [-0.25, -0.2) is 0 Å². The molecular weight excluding hydrogens is 262 g/mol. The first-order chi connectivity index (χ1) is 10.2. The van der Waals surface area contributed by atoms with Crippen molar-refractivity contribution < 1.29 is 4.79 Å². The first-order valence-electron chi connectivity index (χ1n) is 6.61. The number of anilines is 1. The third-order valence-electron chi connectivity index (χ3n) is 2.90. The second-order valence-corrected chi connectivity index (χ2v) is 4.66. The molecule has 1 aromatic heterocycles. The van der Waals surface area contributed by atoms with Gasteiger partial charge in [0.25, 0.3) is 5.91 Å². The van der Waals surface area contributed by atoms with Gasteiger partial charge in [-0.1, -0.05) is 11.8 Å². The van der Waals surface area contributed by atoms with E-state index in [1.54, 1.807) is 24.5 Å². The predicted molar refractivity (Wildman–Crippen MR) is 84.2 cm³/mol. The van der Waals surface area contributed by atoms with Gasteiger partial charge in [0.2, 0.25) is 0 Å². The Balaban J connectivity index is 1.88. The summed E-state index contributed by atoms with van der Waals surface area (Å²) >= 11 is 0. The molecule has 0 radical (unpaired) electrons. The summed E-state index contributed by atoms with van der Waals surface area (Å²) in [7, 11) is 3.99. The largest absolute Gasteiger partial charge is 0.378 e. The van der Waals surface area contributed by atoms with Crippen LogP contribution in [0.15, 0.2) is 48.8 Å². The molecule has 4 heteroatoms. The maximum Gasteiger partial charge on any atom is 0.252 e. The lowest BCUT2D eigenvalue weighted by atomic mass is 10.2. The zero-order valence-corrected chi connectivity index (χ0v) is 12.1. The molecule has 1 aromatic carbocycles. The van der Waals surface area contributed by atoms with E-state index in [9.17, 15) is 4.79 Å². The van der Waals surface area contributed by atoms with Gasteiger partial charge in [-0.05, 0) is 36.4 Å². The molecule has 0 atom stereocenters. The predicted octanol–water partition coefficient (Wildman–Crippen LogP) is 1.93. The lowest BCUT2D eigenvalue weighted by Gasteiger charge is -2.11. The number of amides is 1. The Morgan fingerprint density at radius 2 is 1.81 bits per heavy atom. The van der Waals surface area contributed by atoms with Gasteiger partial charge in [-0.15, -0.1) is 0 Å². The van der Waals surface area contributed by atoms with Gasteiger partial charge in [-0.3, -0.25) is 9.78 Å². The van der Waals surface area contributed by atoms with Crippen LogP contribution in [0.4, 0.5) is 5.69 Å². The highest BCUT2D eigenvalue weighted by Gasteiger charge is 2.01. The molecule has 0 aliphatic carbocycles. The van der Waals surface area contributed by atoms with E-state index in [0.29, 0.717) is 12.1 Å². The van der Waals surface area contributed by atoms with Crippen LogP contribution in [-0.2, 0) is 0 Å². The summed E-state index contributed by atoms with van der Waals surface area (Å²) < 4.78 is 0. The van der Waals surface area contributed by atoms with Crippen LogP contribution in [-0.4, -0.2) is 31.5 Å². The van der Waals surface area contributed by atoms with Crippen molar-refractivity contribution >= 4 is 11.6 Å². The van der Waals surface area contributed by atoms with E-state index in [0.717, 1.165) is 11.3 Å². The van der Waals surface area contributed by atoms with Crippen LogP contribution >= 0.6 is 0 Å². The van der Waals surface area contributed by atoms with Crippen LogP contribution in [0.2, 0.25) is 0 Å². The van der Waals surface area contributed by atoms with Crippen molar-refractivity contribution in [1.82, 2.24) is 10.3 Å². The van der Waals surface area contributed by atoms with Gasteiger partial charge >= 0.3 is 0 Å². The second kappa shape index (κ2) is 7.11. The van der Waals surface area contributed by atoms with E-state index < -0.39 is 0 Å². The number of aromatic nitrogens is 1. The number of hydrogen-bond acceptors (Lipinski definition) is 3. The highest BCUT2D eigenvalue weighted by atomic mass is 16.1. The number of rotatable bonds is 3. The third kappa shape index (κ3) is 4.36. The smallest absolute Gasteiger partial charge is 0.252 e. The number of carbonyl (C=O) groups excluding carboxylic acids is 1. The molecule has 1 N–H and O–H groups in total. The molecule has 0 bridgehead atoms. The molecule has 0 aliphatic rings. The van der Waals surface area contributed by atoms with Gasteiger partial charge in [0.05, 0.1) is 6.54 Å². The van der Waals surface area contributed by atoms with Crippen LogP contribution in [0.5, 0.6) is 0 Å². The Morgan fingerprint density at radius 3 is 2.43 bits per heavy atom. The molecule has 0 saturated carbocycles. The lowest BCUT2D eigenvalue weighted by molar-refractivity contribution is 0.0958. The van der Waals surface area contributed by atoms with Gasteiger partial charge in [0.15, 0.2) is 0 Å². The summed E-state index contributed by atoms with van der Waals surface area (Å²) in [4.78, 5) is 17.7. The first-order valence-corrected chi connectivity index (χ1v) is 6.61. The first kappa shape index (κ1) is 14.6. The number of nitrogens with zero attached hydrogens (tertiary/aromatic N) is 2. The fourth-order valence-electron chi connectivity index (χ4n) is 1.72. The fourth-order valence-corrected chi connectivity index (χ4v) is 1.72. The van der Waals surface area contributed by atoms with Gasteiger partial charge in [-0.2, -0.15) is 0 Å². The van der Waals surface area contributed by atoms with E-state index in [1.807, 2.05) is 43.3 Å². The van der Waals surface area contributed by atoms with Gasteiger partial charge < -0.3 is 10.2 Å². The molecule has 0 fully saturated rings. The highest BCUT2D eigenvalue weighted by molar-refractivity contribution is 5.94. The number of benzene rings is 1. The average molecular weight is 279 g/mol. The maximum absolute atomic E-state index is 11.8. The molecule has 2 aromatic rings. The molecule has 0 aliphatic heterocycles. The zero-order chi connectivity index (χ0) is 15.1. The molecule has 4 nitrogen and oxygen atoms in total. The number of carbonyl (C=O) groups is 1. The summed E-state index contributed by atoms with van der Waals surface area (Å²) in [5.41, 5.74) is 2.65.